The van der Waals surface area contributed by atoms with Gasteiger partial charge in [-0.2, -0.15) is 0 Å². The zero-order valence-corrected chi connectivity index (χ0v) is 15.1. The topological polar surface area (TPSA) is 63.7 Å². The lowest BCUT2D eigenvalue weighted by Gasteiger charge is -2.24. The fourth-order valence-electron chi connectivity index (χ4n) is 2.00. The van der Waals surface area contributed by atoms with E-state index in [0.717, 1.165) is 4.31 Å². The number of esters is 1. The molecule has 128 valence electrons. The zero-order chi connectivity index (χ0) is 17.7. The molecule has 0 unspecified atom stereocenters. The Morgan fingerprint density at radius 2 is 1.75 bits per heavy atom. The van der Waals surface area contributed by atoms with Crippen LogP contribution in [0.5, 0.6) is 0 Å². The van der Waals surface area contributed by atoms with Gasteiger partial charge in [0.1, 0.15) is 6.54 Å². The molecule has 0 heterocycles. The Kier molecular flexibility index (Phi) is 6.10. The lowest BCUT2D eigenvalue weighted by atomic mass is 10.3. The van der Waals surface area contributed by atoms with Gasteiger partial charge in [0.15, 0.2) is 0 Å². The highest BCUT2D eigenvalue weighted by Gasteiger charge is 2.28. The van der Waals surface area contributed by atoms with E-state index >= 15 is 0 Å². The summed E-state index contributed by atoms with van der Waals surface area (Å²) in [5.74, 6) is -0.664. The molecule has 0 fully saturated rings. The molecule has 0 atom stereocenters. The minimum Gasteiger partial charge on any atom is -0.465 e. The third kappa shape index (κ3) is 4.20. The molecule has 0 N–H and O–H groups in total. The van der Waals surface area contributed by atoms with E-state index in [2.05, 4.69) is 0 Å². The van der Waals surface area contributed by atoms with Crippen molar-refractivity contribution in [2.75, 3.05) is 17.5 Å². The molecule has 0 bridgehead atoms. The van der Waals surface area contributed by atoms with Crippen LogP contribution in [0.2, 0.25) is 10.0 Å². The summed E-state index contributed by atoms with van der Waals surface area (Å²) in [6, 6.07) is 12.1. The summed E-state index contributed by atoms with van der Waals surface area (Å²) in [4.78, 5) is 11.9. The van der Waals surface area contributed by atoms with Crippen LogP contribution in [0.3, 0.4) is 0 Å². The maximum Gasteiger partial charge on any atom is 0.326 e. The Hall–Kier alpha value is -1.76. The average Bonchev–Trinajstić information content (AvgIpc) is 2.56. The maximum atomic E-state index is 12.9. The van der Waals surface area contributed by atoms with E-state index in [1.54, 1.807) is 25.1 Å². The molecule has 2 aromatic rings. The smallest absolute Gasteiger partial charge is 0.326 e. The van der Waals surface area contributed by atoms with Crippen LogP contribution in [0, 0.1) is 0 Å². The normalized spacial score (nSPS) is 11.1. The van der Waals surface area contributed by atoms with Crippen molar-refractivity contribution < 1.29 is 17.9 Å². The number of rotatable bonds is 6. The molecule has 2 rings (SSSR count). The summed E-state index contributed by atoms with van der Waals surface area (Å²) in [6.07, 6.45) is 0. The zero-order valence-electron chi connectivity index (χ0n) is 12.8. The lowest BCUT2D eigenvalue weighted by molar-refractivity contribution is -0.141. The van der Waals surface area contributed by atoms with Gasteiger partial charge in [-0.05, 0) is 37.3 Å². The molecule has 0 aliphatic rings. The first-order valence-corrected chi connectivity index (χ1v) is 9.24. The van der Waals surface area contributed by atoms with Crippen LogP contribution in [0.1, 0.15) is 6.92 Å². The van der Waals surface area contributed by atoms with E-state index in [9.17, 15) is 13.2 Å². The van der Waals surface area contributed by atoms with Gasteiger partial charge in [0, 0.05) is 0 Å². The van der Waals surface area contributed by atoms with Crippen molar-refractivity contribution in [1.82, 2.24) is 0 Å². The molecule has 0 aromatic heterocycles. The van der Waals surface area contributed by atoms with Crippen LogP contribution in [-0.2, 0) is 19.6 Å². The number of halogens is 2. The Balaban J connectivity index is 2.50. The number of carbonyl (C=O) groups is 1. The Morgan fingerprint density at radius 1 is 1.08 bits per heavy atom. The lowest BCUT2D eigenvalue weighted by Crippen LogP contribution is -2.36. The SMILES string of the molecule is CCOC(=O)CN(c1ccc(Cl)c(Cl)c1)S(=O)(=O)c1ccccc1. The van der Waals surface area contributed by atoms with Crippen molar-refractivity contribution in [3.63, 3.8) is 0 Å². The molecule has 0 aliphatic heterocycles. The van der Waals surface area contributed by atoms with Crippen molar-refractivity contribution in [1.29, 1.82) is 0 Å². The Morgan fingerprint density at radius 3 is 2.33 bits per heavy atom. The largest absolute Gasteiger partial charge is 0.465 e. The molecule has 24 heavy (non-hydrogen) atoms. The van der Waals surface area contributed by atoms with Crippen molar-refractivity contribution in [2.24, 2.45) is 0 Å². The predicted molar refractivity (Wildman–Crippen MR) is 94.1 cm³/mol. The average molecular weight is 388 g/mol. The molecular formula is C16H15Cl2NO4S. The van der Waals surface area contributed by atoms with E-state index in [1.807, 2.05) is 0 Å². The monoisotopic (exact) mass is 387 g/mol. The molecule has 0 amide bonds. The second-order valence-electron chi connectivity index (χ2n) is 4.73. The first-order chi connectivity index (χ1) is 11.4. The standard InChI is InChI=1S/C16H15Cl2NO4S/c1-2-23-16(20)11-19(12-8-9-14(17)15(18)10-12)24(21,22)13-6-4-3-5-7-13/h3-10H,2,11H2,1H3. The van der Waals surface area contributed by atoms with Gasteiger partial charge >= 0.3 is 5.97 Å². The van der Waals surface area contributed by atoms with Gasteiger partial charge in [0.2, 0.25) is 0 Å². The van der Waals surface area contributed by atoms with E-state index in [0.29, 0.717) is 0 Å². The first-order valence-electron chi connectivity index (χ1n) is 7.04. The van der Waals surface area contributed by atoms with Gasteiger partial charge in [-0.15, -0.1) is 0 Å². The summed E-state index contributed by atoms with van der Waals surface area (Å²) in [5, 5.41) is 0.472. The van der Waals surface area contributed by atoms with Crippen molar-refractivity contribution in [3.8, 4) is 0 Å². The van der Waals surface area contributed by atoms with Crippen molar-refractivity contribution in [3.05, 3.63) is 58.6 Å². The summed E-state index contributed by atoms with van der Waals surface area (Å²) < 4.78 is 31.6. The van der Waals surface area contributed by atoms with E-state index in [4.69, 9.17) is 27.9 Å². The first kappa shape index (κ1) is 18.6. The van der Waals surface area contributed by atoms with Gasteiger partial charge in [-0.1, -0.05) is 41.4 Å². The quantitative estimate of drug-likeness (QED) is 0.707. The second-order valence-corrected chi connectivity index (χ2v) is 7.40. The van der Waals surface area contributed by atoms with Crippen LogP contribution in [0.15, 0.2) is 53.4 Å². The van der Waals surface area contributed by atoms with Crippen molar-refractivity contribution in [2.45, 2.75) is 11.8 Å². The second kappa shape index (κ2) is 7.88. The minimum absolute atomic E-state index is 0.0559. The number of carbonyl (C=O) groups excluding carboxylic acids is 1. The van der Waals surface area contributed by atoms with Crippen LogP contribution in [0.25, 0.3) is 0 Å². The van der Waals surface area contributed by atoms with Gasteiger partial charge in [-0.25, -0.2) is 8.42 Å². The summed E-state index contributed by atoms with van der Waals surface area (Å²) in [5.41, 5.74) is 0.223. The molecule has 2 aromatic carbocycles. The fraction of sp³-hybridized carbons (Fsp3) is 0.188. The van der Waals surface area contributed by atoms with Crippen LogP contribution >= 0.6 is 23.2 Å². The fourth-order valence-corrected chi connectivity index (χ4v) is 3.71. The van der Waals surface area contributed by atoms with Gasteiger partial charge in [0.25, 0.3) is 10.0 Å². The molecule has 0 radical (unpaired) electrons. The molecule has 0 saturated carbocycles. The summed E-state index contributed by atoms with van der Waals surface area (Å²) >= 11 is 11.9. The van der Waals surface area contributed by atoms with Crippen LogP contribution < -0.4 is 4.31 Å². The molecule has 0 saturated heterocycles. The van der Waals surface area contributed by atoms with Crippen LogP contribution in [0.4, 0.5) is 5.69 Å². The summed E-state index contributed by atoms with van der Waals surface area (Å²) in [6.45, 7) is 1.33. The number of anilines is 1. The highest BCUT2D eigenvalue weighted by atomic mass is 35.5. The molecular weight excluding hydrogens is 373 g/mol. The van der Waals surface area contributed by atoms with Crippen LogP contribution in [-0.4, -0.2) is 27.5 Å². The number of sulfonamides is 1. The third-order valence-electron chi connectivity index (χ3n) is 3.10. The number of nitrogens with zero attached hydrogens (tertiary/aromatic N) is 1. The van der Waals surface area contributed by atoms with E-state index in [1.165, 1.54) is 30.3 Å². The molecule has 0 spiro atoms. The third-order valence-corrected chi connectivity index (χ3v) is 5.63. The van der Waals surface area contributed by atoms with Gasteiger partial charge < -0.3 is 4.74 Å². The van der Waals surface area contributed by atoms with E-state index in [-0.39, 0.29) is 27.2 Å². The predicted octanol–water partition coefficient (Wildman–Crippen LogP) is 3.75. The maximum absolute atomic E-state index is 12.9. The minimum atomic E-state index is -3.97. The van der Waals surface area contributed by atoms with Crippen molar-refractivity contribution >= 4 is 44.9 Å². The molecule has 5 nitrogen and oxygen atoms in total. The summed E-state index contributed by atoms with van der Waals surface area (Å²) in [7, 11) is -3.97. The highest BCUT2D eigenvalue weighted by molar-refractivity contribution is 7.92. The Labute approximate surface area is 150 Å². The number of benzene rings is 2. The Bertz CT molecular complexity index is 825. The van der Waals surface area contributed by atoms with Gasteiger partial charge in [-0.3, -0.25) is 9.10 Å². The number of ether oxygens (including phenoxy) is 1. The number of hydrogen-bond donors (Lipinski definition) is 0. The molecule has 0 aliphatic carbocycles. The van der Waals surface area contributed by atoms with Gasteiger partial charge in [0.05, 0.1) is 27.2 Å². The van der Waals surface area contributed by atoms with E-state index < -0.39 is 22.5 Å². The highest BCUT2D eigenvalue weighted by Crippen LogP contribution is 2.30. The number of hydrogen-bond acceptors (Lipinski definition) is 4. The molecule has 8 heteroatoms.